The summed E-state index contributed by atoms with van der Waals surface area (Å²) in [6.45, 7) is 0.734. The first-order valence-electron chi connectivity index (χ1n) is 11.2. The van der Waals surface area contributed by atoms with Crippen LogP contribution < -0.4 is 24.8 Å². The van der Waals surface area contributed by atoms with Gasteiger partial charge in [0.05, 0.1) is 21.3 Å². The molecule has 0 bridgehead atoms. The third kappa shape index (κ3) is 6.40. The third-order valence-electron chi connectivity index (χ3n) is 5.73. The first kappa shape index (κ1) is 24.9. The molecule has 2 aromatic rings. The number of carbonyl (C=O) groups excluding carboxylic acids is 3. The van der Waals surface area contributed by atoms with E-state index in [1.54, 1.807) is 21.3 Å². The van der Waals surface area contributed by atoms with E-state index in [0.717, 1.165) is 16.9 Å². The lowest BCUT2D eigenvalue weighted by molar-refractivity contribution is -0.127. The Hall–Kier alpha value is -3.75. The van der Waals surface area contributed by atoms with Crippen LogP contribution in [0.5, 0.6) is 17.2 Å². The fraction of sp³-hybridized carbons (Fsp3) is 0.400. The molecule has 1 fully saturated rings. The van der Waals surface area contributed by atoms with Crippen LogP contribution in [0.2, 0.25) is 0 Å². The summed E-state index contributed by atoms with van der Waals surface area (Å²) >= 11 is 0. The van der Waals surface area contributed by atoms with Gasteiger partial charge in [0.15, 0.2) is 11.5 Å². The highest BCUT2D eigenvalue weighted by Gasteiger charge is 2.37. The molecule has 9 heteroatoms. The van der Waals surface area contributed by atoms with Crippen molar-refractivity contribution in [1.82, 2.24) is 15.5 Å². The SMILES string of the molecule is COc1ccc(CCN2C(=O)N[C@@H](CCC(=O)NCCc3ccc(OC)c(OC)c3)C2=O)cc1. The average molecular weight is 470 g/mol. The largest absolute Gasteiger partial charge is 0.497 e. The molecule has 1 atom stereocenters. The van der Waals surface area contributed by atoms with Crippen LogP contribution in [0.3, 0.4) is 0 Å². The first-order valence-corrected chi connectivity index (χ1v) is 11.2. The summed E-state index contributed by atoms with van der Waals surface area (Å²) in [6.07, 6.45) is 1.58. The maximum atomic E-state index is 12.6. The molecule has 2 aromatic carbocycles. The Morgan fingerprint density at radius 1 is 0.941 bits per heavy atom. The van der Waals surface area contributed by atoms with Gasteiger partial charge < -0.3 is 24.8 Å². The molecule has 2 N–H and O–H groups in total. The van der Waals surface area contributed by atoms with Crippen molar-refractivity contribution < 1.29 is 28.6 Å². The molecule has 3 rings (SSSR count). The summed E-state index contributed by atoms with van der Waals surface area (Å²) in [6, 6.07) is 12.0. The molecule has 1 saturated heterocycles. The van der Waals surface area contributed by atoms with Crippen molar-refractivity contribution in [1.29, 1.82) is 0 Å². The zero-order valence-corrected chi connectivity index (χ0v) is 19.8. The molecule has 0 radical (unpaired) electrons. The number of imide groups is 1. The highest BCUT2D eigenvalue weighted by atomic mass is 16.5. The van der Waals surface area contributed by atoms with Gasteiger partial charge in [-0.25, -0.2) is 4.79 Å². The van der Waals surface area contributed by atoms with E-state index >= 15 is 0 Å². The van der Waals surface area contributed by atoms with Crippen molar-refractivity contribution in [3.05, 3.63) is 53.6 Å². The van der Waals surface area contributed by atoms with Crippen LogP contribution >= 0.6 is 0 Å². The van der Waals surface area contributed by atoms with E-state index in [-0.39, 0.29) is 31.2 Å². The lowest BCUT2D eigenvalue weighted by Gasteiger charge is -2.13. The quantitative estimate of drug-likeness (QED) is 0.462. The van der Waals surface area contributed by atoms with Crippen molar-refractivity contribution >= 4 is 17.8 Å². The van der Waals surface area contributed by atoms with E-state index in [9.17, 15) is 14.4 Å². The summed E-state index contributed by atoms with van der Waals surface area (Å²) < 4.78 is 15.7. The number of ether oxygens (including phenoxy) is 3. The van der Waals surface area contributed by atoms with Gasteiger partial charge in [0.2, 0.25) is 5.91 Å². The molecular weight excluding hydrogens is 438 g/mol. The summed E-state index contributed by atoms with van der Waals surface area (Å²) in [5.74, 6) is 1.58. The predicted octanol–water partition coefficient (Wildman–Crippen LogP) is 2.31. The molecule has 0 unspecified atom stereocenters. The highest BCUT2D eigenvalue weighted by Crippen LogP contribution is 2.27. The average Bonchev–Trinajstić information content (AvgIpc) is 3.13. The molecule has 0 aliphatic carbocycles. The smallest absolute Gasteiger partial charge is 0.324 e. The van der Waals surface area contributed by atoms with E-state index in [1.165, 1.54) is 4.90 Å². The predicted molar refractivity (Wildman–Crippen MR) is 126 cm³/mol. The second kappa shape index (κ2) is 11.9. The summed E-state index contributed by atoms with van der Waals surface area (Å²) in [7, 11) is 4.75. The highest BCUT2D eigenvalue weighted by molar-refractivity contribution is 6.04. The van der Waals surface area contributed by atoms with Gasteiger partial charge >= 0.3 is 6.03 Å². The molecule has 0 saturated carbocycles. The van der Waals surface area contributed by atoms with Crippen molar-refractivity contribution in [3.63, 3.8) is 0 Å². The minimum absolute atomic E-state index is 0.148. The van der Waals surface area contributed by atoms with Gasteiger partial charge in [0.1, 0.15) is 11.8 Å². The van der Waals surface area contributed by atoms with Crippen LogP contribution in [0, 0.1) is 0 Å². The second-order valence-electron chi connectivity index (χ2n) is 7.92. The zero-order valence-electron chi connectivity index (χ0n) is 19.8. The van der Waals surface area contributed by atoms with Crippen molar-refractivity contribution in [2.45, 2.75) is 31.7 Å². The topological polar surface area (TPSA) is 106 Å². The Morgan fingerprint density at radius 3 is 2.32 bits per heavy atom. The fourth-order valence-electron chi connectivity index (χ4n) is 3.76. The molecule has 34 heavy (non-hydrogen) atoms. The standard InChI is InChI=1S/C25H31N3O6/c1-32-19-7-4-17(5-8-19)13-15-28-24(30)20(27-25(28)31)9-11-23(29)26-14-12-18-6-10-21(33-2)22(16-18)34-3/h4-8,10,16,20H,9,11-15H2,1-3H3,(H,26,29)(H,27,31)/t20-/m0/s1. The Morgan fingerprint density at radius 2 is 1.65 bits per heavy atom. The van der Waals surface area contributed by atoms with Crippen LogP contribution in [0.4, 0.5) is 4.79 Å². The van der Waals surface area contributed by atoms with Crippen LogP contribution in [-0.2, 0) is 22.4 Å². The van der Waals surface area contributed by atoms with Crippen molar-refractivity contribution in [3.8, 4) is 17.2 Å². The lowest BCUT2D eigenvalue weighted by atomic mass is 10.1. The van der Waals surface area contributed by atoms with Gasteiger partial charge in [-0.05, 0) is 54.7 Å². The van der Waals surface area contributed by atoms with E-state index in [2.05, 4.69) is 10.6 Å². The van der Waals surface area contributed by atoms with Crippen molar-refractivity contribution in [2.24, 2.45) is 0 Å². The van der Waals surface area contributed by atoms with Crippen LogP contribution in [0.25, 0.3) is 0 Å². The van der Waals surface area contributed by atoms with E-state index in [0.29, 0.717) is 30.9 Å². The number of methoxy groups -OCH3 is 3. The lowest BCUT2D eigenvalue weighted by Crippen LogP contribution is -2.34. The number of nitrogens with zero attached hydrogens (tertiary/aromatic N) is 1. The molecule has 182 valence electrons. The second-order valence-corrected chi connectivity index (χ2v) is 7.92. The number of carbonyl (C=O) groups is 3. The Labute approximate surface area is 199 Å². The minimum Gasteiger partial charge on any atom is -0.497 e. The van der Waals surface area contributed by atoms with E-state index in [1.807, 2.05) is 42.5 Å². The maximum absolute atomic E-state index is 12.6. The van der Waals surface area contributed by atoms with E-state index < -0.39 is 12.1 Å². The number of urea groups is 1. The number of hydrogen-bond donors (Lipinski definition) is 2. The number of benzene rings is 2. The van der Waals surface area contributed by atoms with Gasteiger partial charge in [0, 0.05) is 19.5 Å². The summed E-state index contributed by atoms with van der Waals surface area (Å²) in [5.41, 5.74) is 2.00. The zero-order chi connectivity index (χ0) is 24.5. The normalized spacial score (nSPS) is 15.1. The molecule has 9 nitrogen and oxygen atoms in total. The molecule has 4 amide bonds. The molecule has 1 heterocycles. The van der Waals surface area contributed by atoms with Crippen LogP contribution in [-0.4, -0.2) is 63.2 Å². The molecule has 0 aromatic heterocycles. The van der Waals surface area contributed by atoms with E-state index in [4.69, 9.17) is 14.2 Å². The monoisotopic (exact) mass is 469 g/mol. The molecule has 0 spiro atoms. The molecule has 1 aliphatic heterocycles. The fourth-order valence-corrected chi connectivity index (χ4v) is 3.76. The number of rotatable bonds is 12. The number of hydrogen-bond acceptors (Lipinski definition) is 6. The van der Waals surface area contributed by atoms with Gasteiger partial charge in [-0.1, -0.05) is 18.2 Å². The Kier molecular flexibility index (Phi) is 8.73. The number of amides is 4. The Bertz CT molecular complexity index is 1010. The van der Waals surface area contributed by atoms with Crippen molar-refractivity contribution in [2.75, 3.05) is 34.4 Å². The summed E-state index contributed by atoms with van der Waals surface area (Å²) in [5, 5.41) is 5.54. The van der Waals surface area contributed by atoms with Gasteiger partial charge in [-0.3, -0.25) is 14.5 Å². The number of nitrogens with one attached hydrogen (secondary N) is 2. The third-order valence-corrected chi connectivity index (χ3v) is 5.73. The molecule has 1 aliphatic rings. The maximum Gasteiger partial charge on any atom is 0.324 e. The van der Waals surface area contributed by atoms with Crippen LogP contribution in [0.1, 0.15) is 24.0 Å². The minimum atomic E-state index is -0.681. The van der Waals surface area contributed by atoms with Gasteiger partial charge in [0.25, 0.3) is 5.91 Å². The van der Waals surface area contributed by atoms with Gasteiger partial charge in [-0.2, -0.15) is 0 Å². The van der Waals surface area contributed by atoms with Crippen LogP contribution in [0.15, 0.2) is 42.5 Å². The first-order chi connectivity index (χ1) is 16.4. The Balaban J connectivity index is 1.40. The van der Waals surface area contributed by atoms with Gasteiger partial charge in [-0.15, -0.1) is 0 Å². The summed E-state index contributed by atoms with van der Waals surface area (Å²) in [4.78, 5) is 38.3. The molecular formula is C25H31N3O6.